The number of methoxy groups -OCH3 is 1. The molecule has 1 aromatic heterocycles. The van der Waals surface area contributed by atoms with Gasteiger partial charge in [-0.05, 0) is 34.3 Å². The van der Waals surface area contributed by atoms with E-state index in [-0.39, 0.29) is 31.5 Å². The van der Waals surface area contributed by atoms with Gasteiger partial charge >= 0.3 is 12.1 Å². The predicted octanol–water partition coefficient (Wildman–Crippen LogP) is 2.61. The maximum Gasteiger partial charge on any atom is 0.417 e. The van der Waals surface area contributed by atoms with E-state index in [9.17, 15) is 14.4 Å². The molecule has 32 heavy (non-hydrogen) atoms. The molecular formula is C21H30BrNO9. The van der Waals surface area contributed by atoms with Gasteiger partial charge in [-0.25, -0.2) is 9.69 Å². The van der Waals surface area contributed by atoms with Crippen LogP contribution in [-0.2, 0) is 35.0 Å². The summed E-state index contributed by atoms with van der Waals surface area (Å²) in [4.78, 5) is 38.4. The Bertz CT molecular complexity index is 794. The van der Waals surface area contributed by atoms with E-state index in [0.29, 0.717) is 29.7 Å². The van der Waals surface area contributed by atoms with Gasteiger partial charge in [-0.15, -0.1) is 0 Å². The van der Waals surface area contributed by atoms with E-state index in [4.69, 9.17) is 28.5 Å². The normalized spacial score (nSPS) is 18.0. The molecule has 10 nitrogen and oxygen atoms in total. The van der Waals surface area contributed by atoms with Crippen molar-refractivity contribution in [1.29, 1.82) is 0 Å². The summed E-state index contributed by atoms with van der Waals surface area (Å²) in [5, 5.41) is 8.76. The molecule has 0 bridgehead atoms. The number of nitrogens with zero attached hydrogens (tertiary/aromatic N) is 1. The first-order valence-corrected chi connectivity index (χ1v) is 11.2. The number of carbonyl (C=O) groups is 3. The Labute approximate surface area is 195 Å². The topological polar surface area (TPSA) is 125 Å². The van der Waals surface area contributed by atoms with Crippen LogP contribution in [-0.4, -0.2) is 73.7 Å². The first kappa shape index (κ1) is 26.3. The summed E-state index contributed by atoms with van der Waals surface area (Å²) in [6.07, 6.45) is -2.14. The van der Waals surface area contributed by atoms with Gasteiger partial charge < -0.3 is 28.5 Å². The van der Waals surface area contributed by atoms with Crippen LogP contribution in [0.25, 0.3) is 0 Å². The number of halogens is 1. The third kappa shape index (κ3) is 6.53. The Morgan fingerprint density at radius 3 is 2.66 bits per heavy atom. The molecule has 0 aliphatic carbocycles. The van der Waals surface area contributed by atoms with Crippen molar-refractivity contribution in [2.75, 3.05) is 33.5 Å². The number of aliphatic hydroxyl groups excluding tert-OH is 1. The maximum absolute atomic E-state index is 13.3. The highest BCUT2D eigenvalue weighted by Gasteiger charge is 2.46. The fraction of sp³-hybridized carbons (Fsp3) is 0.667. The summed E-state index contributed by atoms with van der Waals surface area (Å²) in [6, 6.07) is 1.16. The van der Waals surface area contributed by atoms with Crippen LogP contribution in [0.3, 0.4) is 0 Å². The molecule has 0 saturated carbocycles. The van der Waals surface area contributed by atoms with Gasteiger partial charge in [0, 0.05) is 27.1 Å². The van der Waals surface area contributed by atoms with E-state index in [1.807, 2.05) is 13.8 Å². The zero-order valence-corrected chi connectivity index (χ0v) is 20.3. The minimum absolute atomic E-state index is 0.0347. The first-order chi connectivity index (χ1) is 15.2. The lowest BCUT2D eigenvalue weighted by molar-refractivity contribution is -0.164. The van der Waals surface area contributed by atoms with E-state index in [1.165, 1.54) is 14.0 Å². The fourth-order valence-corrected chi connectivity index (χ4v) is 3.86. The van der Waals surface area contributed by atoms with Gasteiger partial charge in [0.25, 0.3) is 5.91 Å². The number of carbonyl (C=O) groups excluding carboxylic acids is 3. The molecule has 0 radical (unpaired) electrons. The molecule has 2 amide bonds. The lowest BCUT2D eigenvalue weighted by atomic mass is 10.0. The standard InChI is InChI=1S/C21H30BrNO9/c1-12(2)15-11-30-21(27)23(15)20(26)19(28-4)18(31-13(3)25)17-10-14(22)16(32-17)6-5-8-29-9-7-24/h10,12,15,18-19,24H,5-9,11H2,1-4H3/t15-,18-,19+/m1/s1. The van der Waals surface area contributed by atoms with Crippen molar-refractivity contribution in [3.05, 3.63) is 22.1 Å². The summed E-state index contributed by atoms with van der Waals surface area (Å²) in [5.74, 6) is -0.570. The molecule has 0 unspecified atom stereocenters. The lowest BCUT2D eigenvalue weighted by Crippen LogP contribution is -2.49. The summed E-state index contributed by atoms with van der Waals surface area (Å²) < 4.78 is 27.6. The number of rotatable bonds is 12. The summed E-state index contributed by atoms with van der Waals surface area (Å²) in [6.45, 7) is 5.69. The fourth-order valence-electron chi connectivity index (χ4n) is 3.36. The van der Waals surface area contributed by atoms with Crippen LogP contribution < -0.4 is 0 Å². The van der Waals surface area contributed by atoms with Crippen molar-refractivity contribution >= 4 is 33.9 Å². The minimum atomic E-state index is -1.32. The average molecular weight is 520 g/mol. The highest BCUT2D eigenvalue weighted by atomic mass is 79.9. The van der Waals surface area contributed by atoms with Gasteiger partial charge in [0.05, 0.1) is 23.7 Å². The number of hydrogen-bond acceptors (Lipinski definition) is 9. The second kappa shape index (κ2) is 12.3. The molecule has 1 fully saturated rings. The van der Waals surface area contributed by atoms with Crippen LogP contribution >= 0.6 is 15.9 Å². The minimum Gasteiger partial charge on any atom is -0.461 e. The molecule has 1 aliphatic rings. The number of amides is 2. The van der Waals surface area contributed by atoms with E-state index >= 15 is 0 Å². The molecule has 2 rings (SSSR count). The smallest absolute Gasteiger partial charge is 0.417 e. The molecule has 0 spiro atoms. The molecule has 0 aromatic carbocycles. The van der Waals surface area contributed by atoms with E-state index in [1.54, 1.807) is 6.07 Å². The van der Waals surface area contributed by atoms with Crippen LogP contribution in [0.5, 0.6) is 0 Å². The number of esters is 1. The van der Waals surface area contributed by atoms with Crippen molar-refractivity contribution in [2.45, 2.75) is 51.9 Å². The Balaban J connectivity index is 2.25. The molecule has 1 aromatic rings. The van der Waals surface area contributed by atoms with Crippen molar-refractivity contribution in [3.63, 3.8) is 0 Å². The van der Waals surface area contributed by atoms with E-state index < -0.39 is 36.2 Å². The third-order valence-electron chi connectivity index (χ3n) is 4.96. The Morgan fingerprint density at radius 1 is 1.34 bits per heavy atom. The maximum atomic E-state index is 13.3. The van der Waals surface area contributed by atoms with Gasteiger partial charge in [-0.3, -0.25) is 9.59 Å². The van der Waals surface area contributed by atoms with Gasteiger partial charge in [-0.2, -0.15) is 0 Å². The quantitative estimate of drug-likeness (QED) is 0.327. The van der Waals surface area contributed by atoms with E-state index in [0.717, 1.165) is 4.90 Å². The summed E-state index contributed by atoms with van der Waals surface area (Å²) >= 11 is 3.42. The van der Waals surface area contributed by atoms with Crippen LogP contribution in [0.4, 0.5) is 4.79 Å². The lowest BCUT2D eigenvalue weighted by Gasteiger charge is -2.29. The van der Waals surface area contributed by atoms with Crippen LogP contribution in [0.15, 0.2) is 15.0 Å². The Kier molecular flexibility index (Phi) is 10.1. The first-order valence-electron chi connectivity index (χ1n) is 10.4. The zero-order valence-electron chi connectivity index (χ0n) is 18.7. The molecule has 2 heterocycles. The van der Waals surface area contributed by atoms with Crippen LogP contribution in [0.1, 0.15) is 44.8 Å². The Hall–Kier alpha value is -1.95. The van der Waals surface area contributed by atoms with Gasteiger partial charge in [0.15, 0.2) is 12.2 Å². The number of aryl methyl sites for hydroxylation is 1. The van der Waals surface area contributed by atoms with Crippen molar-refractivity contribution < 1.29 is 42.9 Å². The number of cyclic esters (lactones) is 1. The molecule has 180 valence electrons. The number of imide groups is 1. The van der Waals surface area contributed by atoms with Crippen molar-refractivity contribution in [3.8, 4) is 0 Å². The summed E-state index contributed by atoms with van der Waals surface area (Å²) in [5.41, 5.74) is 0. The largest absolute Gasteiger partial charge is 0.461 e. The zero-order chi connectivity index (χ0) is 23.8. The Morgan fingerprint density at radius 2 is 2.06 bits per heavy atom. The molecule has 1 N–H and O–H groups in total. The number of hydrogen-bond donors (Lipinski definition) is 1. The second-order valence-corrected chi connectivity index (χ2v) is 8.50. The second-order valence-electron chi connectivity index (χ2n) is 7.64. The van der Waals surface area contributed by atoms with Gasteiger partial charge in [0.1, 0.15) is 18.1 Å². The molecular weight excluding hydrogens is 490 g/mol. The van der Waals surface area contributed by atoms with E-state index in [2.05, 4.69) is 15.9 Å². The average Bonchev–Trinajstić information content (AvgIpc) is 3.30. The van der Waals surface area contributed by atoms with Crippen molar-refractivity contribution in [1.82, 2.24) is 4.90 Å². The van der Waals surface area contributed by atoms with Crippen molar-refractivity contribution in [2.24, 2.45) is 5.92 Å². The number of aliphatic hydroxyl groups is 1. The monoisotopic (exact) mass is 519 g/mol. The highest BCUT2D eigenvalue weighted by Crippen LogP contribution is 2.33. The van der Waals surface area contributed by atoms with Gasteiger partial charge in [-0.1, -0.05) is 13.8 Å². The molecule has 1 saturated heterocycles. The third-order valence-corrected chi connectivity index (χ3v) is 5.63. The van der Waals surface area contributed by atoms with Crippen LogP contribution in [0.2, 0.25) is 0 Å². The number of furan rings is 1. The molecule has 1 aliphatic heterocycles. The van der Waals surface area contributed by atoms with Crippen LogP contribution in [0, 0.1) is 5.92 Å². The van der Waals surface area contributed by atoms with Gasteiger partial charge in [0.2, 0.25) is 0 Å². The number of ether oxygens (including phenoxy) is 4. The molecule has 11 heteroatoms. The predicted molar refractivity (Wildman–Crippen MR) is 115 cm³/mol. The molecule has 3 atom stereocenters. The highest BCUT2D eigenvalue weighted by molar-refractivity contribution is 9.10. The SMILES string of the molecule is CO[C@H](C(=O)N1C(=O)OC[C@@H]1C(C)C)[C@H](OC(C)=O)c1cc(Br)c(CCCOCCO)o1. The summed E-state index contributed by atoms with van der Waals surface area (Å²) in [7, 11) is 1.29.